The van der Waals surface area contributed by atoms with Gasteiger partial charge in [-0.1, -0.05) is 23.7 Å². The number of para-hydroxylation sites is 1. The Labute approximate surface area is 190 Å². The van der Waals surface area contributed by atoms with Crippen LogP contribution in [0.4, 0.5) is 15.8 Å². The van der Waals surface area contributed by atoms with Crippen molar-refractivity contribution in [2.75, 3.05) is 23.3 Å². The van der Waals surface area contributed by atoms with Crippen molar-refractivity contribution in [3.63, 3.8) is 0 Å². The third-order valence-corrected chi connectivity index (χ3v) is 5.81. The maximum Gasteiger partial charge on any atom is 0.262 e. The summed E-state index contributed by atoms with van der Waals surface area (Å²) in [6.07, 6.45) is 0. The SMILES string of the molecule is CCOc1ccc(NS(=O)(=O)c2ccc(OCC(=O)Nc3ccccc3F)c(Cl)c2)cc1. The number of hydrogen-bond acceptors (Lipinski definition) is 5. The van der Waals surface area contributed by atoms with E-state index in [1.165, 1.54) is 36.4 Å². The Morgan fingerprint density at radius 3 is 2.41 bits per heavy atom. The molecule has 0 fully saturated rings. The third kappa shape index (κ3) is 6.12. The molecular formula is C22H20ClFN2O5S. The van der Waals surface area contributed by atoms with Crippen LogP contribution < -0.4 is 19.5 Å². The number of carbonyl (C=O) groups excluding carboxylic acids is 1. The average Bonchev–Trinajstić information content (AvgIpc) is 2.76. The van der Waals surface area contributed by atoms with Crippen molar-refractivity contribution in [2.24, 2.45) is 0 Å². The Kier molecular flexibility index (Phi) is 7.55. The lowest BCUT2D eigenvalue weighted by atomic mass is 10.3. The zero-order valence-corrected chi connectivity index (χ0v) is 18.5. The molecule has 0 aliphatic carbocycles. The maximum atomic E-state index is 13.6. The van der Waals surface area contributed by atoms with Crippen LogP contribution in [0, 0.1) is 5.82 Å². The molecule has 0 saturated carbocycles. The summed E-state index contributed by atoms with van der Waals surface area (Å²) in [6, 6.07) is 16.0. The van der Waals surface area contributed by atoms with Crippen molar-refractivity contribution in [3.8, 4) is 11.5 Å². The number of carbonyl (C=O) groups is 1. The van der Waals surface area contributed by atoms with Gasteiger partial charge in [-0.15, -0.1) is 0 Å². The molecule has 0 spiro atoms. The van der Waals surface area contributed by atoms with Crippen LogP contribution in [0.5, 0.6) is 11.5 Å². The number of hydrogen-bond donors (Lipinski definition) is 2. The Balaban J connectivity index is 1.63. The number of nitrogens with one attached hydrogen (secondary N) is 2. The first-order chi connectivity index (χ1) is 15.3. The Hall–Kier alpha value is -3.30. The summed E-state index contributed by atoms with van der Waals surface area (Å²) in [5, 5.41) is 2.38. The molecule has 0 radical (unpaired) electrons. The summed E-state index contributed by atoms with van der Waals surface area (Å²) in [6.45, 7) is 1.91. The molecule has 0 heterocycles. The van der Waals surface area contributed by atoms with E-state index < -0.39 is 28.4 Å². The van der Waals surface area contributed by atoms with Gasteiger partial charge in [-0.05, 0) is 61.5 Å². The molecule has 0 bridgehead atoms. The van der Waals surface area contributed by atoms with E-state index in [0.29, 0.717) is 18.0 Å². The number of amides is 1. The highest BCUT2D eigenvalue weighted by Gasteiger charge is 2.17. The molecule has 10 heteroatoms. The van der Waals surface area contributed by atoms with Gasteiger partial charge in [0.15, 0.2) is 6.61 Å². The van der Waals surface area contributed by atoms with Crippen LogP contribution in [-0.2, 0) is 14.8 Å². The van der Waals surface area contributed by atoms with Gasteiger partial charge in [0.25, 0.3) is 15.9 Å². The minimum absolute atomic E-state index is 0.00161. The molecule has 7 nitrogen and oxygen atoms in total. The molecule has 0 saturated heterocycles. The van der Waals surface area contributed by atoms with E-state index in [4.69, 9.17) is 21.1 Å². The average molecular weight is 479 g/mol. The van der Waals surface area contributed by atoms with Crippen LogP contribution in [-0.4, -0.2) is 27.5 Å². The number of anilines is 2. The second kappa shape index (κ2) is 10.3. The lowest BCUT2D eigenvalue weighted by molar-refractivity contribution is -0.118. The highest BCUT2D eigenvalue weighted by molar-refractivity contribution is 7.92. The molecule has 3 aromatic rings. The van der Waals surface area contributed by atoms with Crippen molar-refractivity contribution in [2.45, 2.75) is 11.8 Å². The van der Waals surface area contributed by atoms with Gasteiger partial charge in [-0.2, -0.15) is 0 Å². The fourth-order valence-electron chi connectivity index (χ4n) is 2.66. The highest BCUT2D eigenvalue weighted by atomic mass is 35.5. The van der Waals surface area contributed by atoms with E-state index in [1.54, 1.807) is 30.3 Å². The zero-order valence-electron chi connectivity index (χ0n) is 17.0. The van der Waals surface area contributed by atoms with Crippen LogP contribution in [0.15, 0.2) is 71.6 Å². The molecule has 168 valence electrons. The molecule has 2 N–H and O–H groups in total. The monoisotopic (exact) mass is 478 g/mol. The Morgan fingerprint density at radius 1 is 1.03 bits per heavy atom. The van der Waals surface area contributed by atoms with Gasteiger partial charge in [0, 0.05) is 5.69 Å². The van der Waals surface area contributed by atoms with E-state index in [1.807, 2.05) is 6.92 Å². The van der Waals surface area contributed by atoms with Gasteiger partial charge in [0.1, 0.15) is 17.3 Å². The van der Waals surface area contributed by atoms with E-state index in [0.717, 1.165) is 0 Å². The highest BCUT2D eigenvalue weighted by Crippen LogP contribution is 2.28. The molecule has 0 atom stereocenters. The predicted octanol–water partition coefficient (Wildman–Crippen LogP) is 4.70. The topological polar surface area (TPSA) is 93.7 Å². The van der Waals surface area contributed by atoms with Gasteiger partial charge in [0.05, 0.1) is 22.2 Å². The van der Waals surface area contributed by atoms with Crippen molar-refractivity contribution in [1.29, 1.82) is 0 Å². The molecule has 3 rings (SSSR count). The van der Waals surface area contributed by atoms with Crippen LogP contribution >= 0.6 is 11.6 Å². The largest absolute Gasteiger partial charge is 0.494 e. The number of rotatable bonds is 9. The molecule has 0 aromatic heterocycles. The number of halogens is 2. The first-order valence-corrected chi connectivity index (χ1v) is 11.4. The standard InChI is InChI=1S/C22H20ClFN2O5S/c1-2-30-16-9-7-15(8-10-16)26-32(28,29)17-11-12-21(18(23)13-17)31-14-22(27)25-20-6-4-3-5-19(20)24/h3-13,26H,2,14H2,1H3,(H,25,27). The lowest BCUT2D eigenvalue weighted by Gasteiger charge is -2.12. The molecule has 32 heavy (non-hydrogen) atoms. The van der Waals surface area contributed by atoms with Crippen LogP contribution in [0.1, 0.15) is 6.92 Å². The van der Waals surface area contributed by atoms with E-state index in [9.17, 15) is 17.6 Å². The first kappa shape index (κ1) is 23.4. The van der Waals surface area contributed by atoms with Gasteiger partial charge >= 0.3 is 0 Å². The predicted molar refractivity (Wildman–Crippen MR) is 120 cm³/mol. The van der Waals surface area contributed by atoms with Gasteiger partial charge < -0.3 is 14.8 Å². The second-order valence-electron chi connectivity index (χ2n) is 6.47. The third-order valence-electron chi connectivity index (χ3n) is 4.14. The van der Waals surface area contributed by atoms with Gasteiger partial charge in [-0.25, -0.2) is 12.8 Å². The van der Waals surface area contributed by atoms with Crippen molar-refractivity contribution >= 4 is 38.9 Å². The Bertz CT molecular complexity index is 1200. The van der Waals surface area contributed by atoms with E-state index >= 15 is 0 Å². The molecule has 0 aliphatic heterocycles. The van der Waals surface area contributed by atoms with E-state index in [2.05, 4.69) is 10.0 Å². The van der Waals surface area contributed by atoms with Crippen molar-refractivity contribution in [1.82, 2.24) is 0 Å². The molecular weight excluding hydrogens is 459 g/mol. The minimum Gasteiger partial charge on any atom is -0.494 e. The smallest absolute Gasteiger partial charge is 0.262 e. The summed E-state index contributed by atoms with van der Waals surface area (Å²) >= 11 is 6.14. The second-order valence-corrected chi connectivity index (χ2v) is 8.56. The van der Waals surface area contributed by atoms with Crippen molar-refractivity contribution in [3.05, 3.63) is 77.6 Å². The number of benzene rings is 3. The van der Waals surface area contributed by atoms with Crippen LogP contribution in [0.25, 0.3) is 0 Å². The fourth-order valence-corrected chi connectivity index (χ4v) is 4.04. The lowest BCUT2D eigenvalue weighted by Crippen LogP contribution is -2.21. The number of sulfonamides is 1. The van der Waals surface area contributed by atoms with E-state index in [-0.39, 0.29) is 21.4 Å². The summed E-state index contributed by atoms with van der Waals surface area (Å²) < 4.78 is 52.0. The van der Waals surface area contributed by atoms with Crippen molar-refractivity contribution < 1.29 is 27.1 Å². The molecule has 0 unspecified atom stereocenters. The summed E-state index contributed by atoms with van der Waals surface area (Å²) in [5.74, 6) is -0.442. The zero-order chi connectivity index (χ0) is 23.1. The molecule has 0 aliphatic rings. The summed E-state index contributed by atoms with van der Waals surface area (Å²) in [7, 11) is -3.91. The molecule has 3 aromatic carbocycles. The van der Waals surface area contributed by atoms with Gasteiger partial charge in [-0.3, -0.25) is 9.52 Å². The Morgan fingerprint density at radius 2 is 1.75 bits per heavy atom. The van der Waals surface area contributed by atoms with Crippen LogP contribution in [0.3, 0.4) is 0 Å². The number of ether oxygens (including phenoxy) is 2. The quantitative estimate of drug-likeness (QED) is 0.465. The maximum absolute atomic E-state index is 13.6. The summed E-state index contributed by atoms with van der Waals surface area (Å²) in [4.78, 5) is 11.9. The van der Waals surface area contributed by atoms with Crippen LogP contribution in [0.2, 0.25) is 5.02 Å². The van der Waals surface area contributed by atoms with Gasteiger partial charge in [0.2, 0.25) is 0 Å². The first-order valence-electron chi connectivity index (χ1n) is 9.51. The molecule has 1 amide bonds. The minimum atomic E-state index is -3.91. The summed E-state index contributed by atoms with van der Waals surface area (Å²) in [5.41, 5.74) is 0.378. The normalized spacial score (nSPS) is 11.0. The fraction of sp³-hybridized carbons (Fsp3) is 0.136.